The Morgan fingerprint density at radius 1 is 1.24 bits per heavy atom. The van der Waals surface area contributed by atoms with Gasteiger partial charge in [-0.3, -0.25) is 9.69 Å². The van der Waals surface area contributed by atoms with Crippen molar-refractivity contribution in [3.05, 3.63) is 35.4 Å². The zero-order valence-corrected chi connectivity index (χ0v) is 13.7. The van der Waals surface area contributed by atoms with Gasteiger partial charge in [0.05, 0.1) is 0 Å². The van der Waals surface area contributed by atoms with Crippen molar-refractivity contribution in [3.8, 4) is 0 Å². The molecule has 0 aromatic heterocycles. The standard InChI is InChI=1S/C18H28N2O/c1-13(2)15-7-9-16(10-8-15)18(21)19-12-17-6-5-11-20(17)14(3)4/h7-10,13-14,17H,5-6,11-12H2,1-4H3,(H,19,21)/t17-/m1/s1. The molecule has 1 atom stereocenters. The number of carbonyl (C=O) groups is 1. The molecule has 116 valence electrons. The average molecular weight is 288 g/mol. The largest absolute Gasteiger partial charge is 0.350 e. The Bertz CT molecular complexity index is 465. The quantitative estimate of drug-likeness (QED) is 0.900. The second-order valence-corrected chi connectivity index (χ2v) is 6.61. The summed E-state index contributed by atoms with van der Waals surface area (Å²) in [5.41, 5.74) is 2.03. The van der Waals surface area contributed by atoms with E-state index in [2.05, 4.69) is 50.0 Å². The molecule has 21 heavy (non-hydrogen) atoms. The van der Waals surface area contributed by atoms with Gasteiger partial charge in [0.15, 0.2) is 0 Å². The highest BCUT2D eigenvalue weighted by molar-refractivity contribution is 5.94. The fourth-order valence-corrected chi connectivity index (χ4v) is 3.09. The van der Waals surface area contributed by atoms with Gasteiger partial charge in [-0.25, -0.2) is 0 Å². The van der Waals surface area contributed by atoms with Crippen LogP contribution in [0.1, 0.15) is 62.4 Å². The van der Waals surface area contributed by atoms with Gasteiger partial charge in [-0.2, -0.15) is 0 Å². The minimum atomic E-state index is 0.0425. The molecule has 1 amide bonds. The van der Waals surface area contributed by atoms with E-state index >= 15 is 0 Å². The van der Waals surface area contributed by atoms with Crippen LogP contribution < -0.4 is 5.32 Å². The van der Waals surface area contributed by atoms with Crippen LogP contribution in [0.25, 0.3) is 0 Å². The first kappa shape index (κ1) is 16.0. The van der Waals surface area contributed by atoms with E-state index in [1.807, 2.05) is 12.1 Å². The van der Waals surface area contributed by atoms with Gasteiger partial charge in [-0.1, -0.05) is 26.0 Å². The molecule has 1 aromatic carbocycles. The molecule has 3 heteroatoms. The minimum Gasteiger partial charge on any atom is -0.350 e. The summed E-state index contributed by atoms with van der Waals surface area (Å²) in [5.74, 6) is 0.543. The second-order valence-electron chi connectivity index (χ2n) is 6.61. The van der Waals surface area contributed by atoms with Crippen LogP contribution in [0.5, 0.6) is 0 Å². The fraction of sp³-hybridized carbons (Fsp3) is 0.611. The van der Waals surface area contributed by atoms with Crippen LogP contribution in [-0.4, -0.2) is 36.0 Å². The highest BCUT2D eigenvalue weighted by Gasteiger charge is 2.26. The molecule has 1 heterocycles. The SMILES string of the molecule is CC(C)c1ccc(C(=O)NC[C@H]2CCCN2C(C)C)cc1. The van der Waals surface area contributed by atoms with E-state index in [0.29, 0.717) is 18.0 Å². The van der Waals surface area contributed by atoms with E-state index in [0.717, 1.165) is 18.7 Å². The van der Waals surface area contributed by atoms with E-state index in [9.17, 15) is 4.79 Å². The zero-order valence-electron chi connectivity index (χ0n) is 13.7. The highest BCUT2D eigenvalue weighted by atomic mass is 16.1. The van der Waals surface area contributed by atoms with Crippen molar-refractivity contribution in [1.82, 2.24) is 10.2 Å². The first-order valence-electron chi connectivity index (χ1n) is 8.13. The number of rotatable bonds is 5. The van der Waals surface area contributed by atoms with Gasteiger partial charge in [-0.05, 0) is 56.8 Å². The number of nitrogens with one attached hydrogen (secondary N) is 1. The van der Waals surface area contributed by atoms with Crippen LogP contribution in [-0.2, 0) is 0 Å². The molecular weight excluding hydrogens is 260 g/mol. The Labute approximate surface area is 128 Å². The first-order valence-corrected chi connectivity index (χ1v) is 8.13. The Hall–Kier alpha value is -1.35. The van der Waals surface area contributed by atoms with E-state index < -0.39 is 0 Å². The lowest BCUT2D eigenvalue weighted by molar-refractivity contribution is 0.0935. The number of likely N-dealkylation sites (tertiary alicyclic amines) is 1. The number of amides is 1. The highest BCUT2D eigenvalue weighted by Crippen LogP contribution is 2.19. The zero-order chi connectivity index (χ0) is 15.4. The van der Waals surface area contributed by atoms with E-state index in [4.69, 9.17) is 0 Å². The maximum atomic E-state index is 12.2. The predicted molar refractivity (Wildman–Crippen MR) is 87.7 cm³/mol. The van der Waals surface area contributed by atoms with Crippen molar-refractivity contribution < 1.29 is 4.79 Å². The van der Waals surface area contributed by atoms with Crippen molar-refractivity contribution in [3.63, 3.8) is 0 Å². The average Bonchev–Trinajstić information content (AvgIpc) is 2.93. The molecule has 0 saturated carbocycles. The molecule has 0 spiro atoms. The van der Waals surface area contributed by atoms with Gasteiger partial charge in [0, 0.05) is 24.2 Å². The summed E-state index contributed by atoms with van der Waals surface area (Å²) in [4.78, 5) is 14.7. The summed E-state index contributed by atoms with van der Waals surface area (Å²) in [6.45, 7) is 10.7. The van der Waals surface area contributed by atoms with Crippen LogP contribution in [0.15, 0.2) is 24.3 Å². The van der Waals surface area contributed by atoms with Gasteiger partial charge < -0.3 is 5.32 Å². The van der Waals surface area contributed by atoms with Crippen LogP contribution in [0.2, 0.25) is 0 Å². The summed E-state index contributed by atoms with van der Waals surface area (Å²) < 4.78 is 0. The topological polar surface area (TPSA) is 32.3 Å². The number of hydrogen-bond acceptors (Lipinski definition) is 2. The Kier molecular flexibility index (Phi) is 5.40. The first-order chi connectivity index (χ1) is 9.99. The lowest BCUT2D eigenvalue weighted by Crippen LogP contribution is -2.43. The number of benzene rings is 1. The molecule has 0 bridgehead atoms. The molecule has 1 aliphatic heterocycles. The van der Waals surface area contributed by atoms with Crippen LogP contribution in [0.4, 0.5) is 0 Å². The summed E-state index contributed by atoms with van der Waals surface area (Å²) in [5, 5.41) is 3.09. The van der Waals surface area contributed by atoms with Crippen molar-refractivity contribution in [2.24, 2.45) is 0 Å². The maximum absolute atomic E-state index is 12.2. The molecule has 1 saturated heterocycles. The van der Waals surface area contributed by atoms with E-state index in [1.165, 1.54) is 18.4 Å². The molecular formula is C18H28N2O. The lowest BCUT2D eigenvalue weighted by atomic mass is 10.0. The molecule has 2 rings (SSSR count). The smallest absolute Gasteiger partial charge is 0.251 e. The second kappa shape index (κ2) is 7.08. The molecule has 0 radical (unpaired) electrons. The van der Waals surface area contributed by atoms with Gasteiger partial charge >= 0.3 is 0 Å². The van der Waals surface area contributed by atoms with Crippen molar-refractivity contribution in [2.45, 2.75) is 58.5 Å². The molecule has 0 unspecified atom stereocenters. The molecule has 1 aromatic rings. The lowest BCUT2D eigenvalue weighted by Gasteiger charge is -2.28. The van der Waals surface area contributed by atoms with Crippen molar-refractivity contribution in [2.75, 3.05) is 13.1 Å². The predicted octanol–water partition coefficient (Wildman–Crippen LogP) is 3.41. The Morgan fingerprint density at radius 3 is 2.48 bits per heavy atom. The van der Waals surface area contributed by atoms with Crippen LogP contribution in [0, 0.1) is 0 Å². The molecule has 0 aliphatic carbocycles. The summed E-state index contributed by atoms with van der Waals surface area (Å²) >= 11 is 0. The number of hydrogen-bond donors (Lipinski definition) is 1. The molecule has 3 nitrogen and oxygen atoms in total. The summed E-state index contributed by atoms with van der Waals surface area (Å²) in [7, 11) is 0. The number of carbonyl (C=O) groups excluding carboxylic acids is 1. The Balaban J connectivity index is 1.89. The Morgan fingerprint density at radius 2 is 1.90 bits per heavy atom. The monoisotopic (exact) mass is 288 g/mol. The minimum absolute atomic E-state index is 0.0425. The van der Waals surface area contributed by atoms with Crippen molar-refractivity contribution >= 4 is 5.91 Å². The fourth-order valence-electron chi connectivity index (χ4n) is 3.09. The van der Waals surface area contributed by atoms with Gasteiger partial charge in [0.2, 0.25) is 0 Å². The van der Waals surface area contributed by atoms with E-state index in [1.54, 1.807) is 0 Å². The van der Waals surface area contributed by atoms with Crippen molar-refractivity contribution in [1.29, 1.82) is 0 Å². The third-order valence-corrected chi connectivity index (χ3v) is 4.42. The normalized spacial score (nSPS) is 19.4. The van der Waals surface area contributed by atoms with Crippen LogP contribution >= 0.6 is 0 Å². The summed E-state index contributed by atoms with van der Waals surface area (Å²) in [6, 6.07) is 9.01. The van der Waals surface area contributed by atoms with Gasteiger partial charge in [-0.15, -0.1) is 0 Å². The van der Waals surface area contributed by atoms with Gasteiger partial charge in [0.25, 0.3) is 5.91 Å². The maximum Gasteiger partial charge on any atom is 0.251 e. The van der Waals surface area contributed by atoms with Gasteiger partial charge in [0.1, 0.15) is 0 Å². The summed E-state index contributed by atoms with van der Waals surface area (Å²) in [6.07, 6.45) is 2.42. The van der Waals surface area contributed by atoms with Crippen LogP contribution in [0.3, 0.4) is 0 Å². The molecule has 1 N–H and O–H groups in total. The number of nitrogens with zero attached hydrogens (tertiary/aromatic N) is 1. The molecule has 1 aliphatic rings. The molecule has 1 fully saturated rings. The third kappa shape index (κ3) is 4.07. The third-order valence-electron chi connectivity index (χ3n) is 4.42. The van der Waals surface area contributed by atoms with E-state index in [-0.39, 0.29) is 5.91 Å².